The van der Waals surface area contributed by atoms with Crippen molar-refractivity contribution in [1.82, 2.24) is 0 Å². The number of nitrogens with one attached hydrogen (secondary N) is 1. The number of anilines is 2. The summed E-state index contributed by atoms with van der Waals surface area (Å²) in [5.41, 5.74) is 10.6. The first-order valence-electron chi connectivity index (χ1n) is 10.1. The maximum atomic E-state index is 12.2. The van der Waals surface area contributed by atoms with E-state index in [2.05, 4.69) is 12.2 Å². The molecule has 1 fully saturated rings. The van der Waals surface area contributed by atoms with E-state index in [1.54, 1.807) is 0 Å². The highest BCUT2D eigenvalue weighted by molar-refractivity contribution is 5.97. The Morgan fingerprint density at radius 2 is 1.68 bits per heavy atom. The maximum absolute atomic E-state index is 12.2. The van der Waals surface area contributed by atoms with Crippen LogP contribution in [0.4, 0.5) is 11.4 Å². The van der Waals surface area contributed by atoms with Crippen molar-refractivity contribution in [3.05, 3.63) is 72.3 Å². The van der Waals surface area contributed by atoms with Crippen LogP contribution in [0.15, 0.2) is 66.7 Å². The van der Waals surface area contributed by atoms with Crippen molar-refractivity contribution in [2.24, 2.45) is 5.41 Å². The molecule has 1 saturated carbocycles. The van der Waals surface area contributed by atoms with Gasteiger partial charge < -0.3 is 20.5 Å². The smallest absolute Gasteiger partial charge is 0.231 e. The van der Waals surface area contributed by atoms with Gasteiger partial charge in [-0.2, -0.15) is 0 Å². The van der Waals surface area contributed by atoms with Gasteiger partial charge in [0.25, 0.3) is 0 Å². The second-order valence-corrected chi connectivity index (χ2v) is 8.02. The number of benzene rings is 3. The Morgan fingerprint density at radius 3 is 2.29 bits per heavy atom. The van der Waals surface area contributed by atoms with Gasteiger partial charge in [-0.05, 0) is 72.9 Å². The van der Waals surface area contributed by atoms with Crippen LogP contribution in [0.1, 0.15) is 34.2 Å². The fraction of sp³-hybridized carbons (Fsp3) is 0.269. The summed E-state index contributed by atoms with van der Waals surface area (Å²) < 4.78 is 10.2. The van der Waals surface area contributed by atoms with E-state index in [-0.39, 0.29) is 20.2 Å². The molecule has 5 rings (SSSR count). The van der Waals surface area contributed by atoms with Gasteiger partial charge in [-0.15, -0.1) is 0 Å². The Kier molecular flexibility index (Phi) is 6.54. The van der Waals surface area contributed by atoms with Crippen molar-refractivity contribution in [3.63, 3.8) is 0 Å². The minimum atomic E-state index is -0.164. The summed E-state index contributed by atoms with van der Waals surface area (Å²) in [5.74, 6) is 1.81. The number of aryl methyl sites for hydroxylation is 1. The Labute approximate surface area is 185 Å². The highest BCUT2D eigenvalue weighted by atomic mass is 16.7. The summed E-state index contributed by atoms with van der Waals surface area (Å²) in [6, 6.07) is 21.4. The molecule has 0 radical (unpaired) electrons. The van der Waals surface area contributed by atoms with Crippen molar-refractivity contribution in [3.8, 4) is 22.6 Å². The predicted octanol–water partition coefficient (Wildman–Crippen LogP) is 6.28. The molecule has 0 atom stereocenters. The van der Waals surface area contributed by atoms with Gasteiger partial charge in [0, 0.05) is 18.2 Å². The standard InChI is InChI=1S/C18H20N2O.C7H6O2.CH4.H2/c1-12-6-7-15(20-17(21)18(2)8-9-18)11-16(12)13-4-3-5-14(19)10-13;1-2-4-7-6(3-1)8-5-9-7;;/h3-7,10-11H,8-9,19H2,1-2H3,(H,20,21);1-4H,5H2;1H4;1H. The molecule has 164 valence electrons. The van der Waals surface area contributed by atoms with Crippen LogP contribution in [0.25, 0.3) is 11.1 Å². The number of carbonyl (C=O) groups excluding carboxylic acids is 1. The lowest BCUT2D eigenvalue weighted by molar-refractivity contribution is -0.120. The number of nitrogen functional groups attached to an aromatic ring is 1. The molecule has 5 heteroatoms. The molecule has 5 nitrogen and oxygen atoms in total. The van der Waals surface area contributed by atoms with E-state index in [0.29, 0.717) is 6.79 Å². The highest BCUT2D eigenvalue weighted by Gasteiger charge is 2.44. The topological polar surface area (TPSA) is 73.6 Å². The normalized spacial score (nSPS) is 14.5. The van der Waals surface area contributed by atoms with Gasteiger partial charge in [0.15, 0.2) is 11.5 Å². The zero-order chi connectivity index (χ0) is 21.1. The summed E-state index contributed by atoms with van der Waals surface area (Å²) in [4.78, 5) is 12.2. The molecule has 1 heterocycles. The lowest BCUT2D eigenvalue weighted by atomic mass is 9.99. The first kappa shape index (κ1) is 22.2. The number of hydrogen-bond acceptors (Lipinski definition) is 4. The van der Waals surface area contributed by atoms with Gasteiger partial charge in [-0.1, -0.05) is 44.7 Å². The quantitative estimate of drug-likeness (QED) is 0.489. The number of carbonyl (C=O) groups is 1. The lowest BCUT2D eigenvalue weighted by Gasteiger charge is -2.13. The first-order chi connectivity index (χ1) is 14.4. The molecule has 1 aliphatic heterocycles. The van der Waals surface area contributed by atoms with Crippen LogP contribution in [-0.4, -0.2) is 12.7 Å². The van der Waals surface area contributed by atoms with E-state index < -0.39 is 0 Å². The second kappa shape index (κ2) is 9.13. The van der Waals surface area contributed by atoms with Crippen LogP contribution < -0.4 is 20.5 Å². The monoisotopic (exact) mass is 420 g/mol. The molecule has 0 aromatic heterocycles. The summed E-state index contributed by atoms with van der Waals surface area (Å²) in [6.45, 7) is 4.43. The molecule has 3 aromatic rings. The molecule has 3 N–H and O–H groups in total. The third-order valence-electron chi connectivity index (χ3n) is 5.52. The van der Waals surface area contributed by atoms with E-state index >= 15 is 0 Å². The average molecular weight is 421 g/mol. The van der Waals surface area contributed by atoms with E-state index in [9.17, 15) is 4.79 Å². The number of nitrogens with two attached hydrogens (primary N) is 1. The molecular formula is C26H32N2O3. The first-order valence-corrected chi connectivity index (χ1v) is 10.1. The molecule has 0 bridgehead atoms. The largest absolute Gasteiger partial charge is 0.454 e. The fourth-order valence-electron chi connectivity index (χ4n) is 3.26. The zero-order valence-electron chi connectivity index (χ0n) is 17.3. The van der Waals surface area contributed by atoms with Crippen molar-refractivity contribution in [2.45, 2.75) is 34.1 Å². The zero-order valence-corrected chi connectivity index (χ0v) is 17.3. The van der Waals surface area contributed by atoms with Crippen molar-refractivity contribution < 1.29 is 15.7 Å². The molecule has 1 amide bonds. The Balaban J connectivity index is 0.000000278. The summed E-state index contributed by atoms with van der Waals surface area (Å²) in [7, 11) is 0. The number of rotatable bonds is 3. The van der Waals surface area contributed by atoms with Gasteiger partial charge in [0.1, 0.15) is 0 Å². The highest BCUT2D eigenvalue weighted by Crippen LogP contribution is 2.45. The number of fused-ring (bicyclic) bond motifs is 1. The third kappa shape index (κ3) is 5.18. The molecule has 2 aliphatic rings. The van der Waals surface area contributed by atoms with E-state index in [1.807, 2.05) is 73.7 Å². The van der Waals surface area contributed by atoms with E-state index in [4.69, 9.17) is 15.2 Å². The Morgan fingerprint density at radius 1 is 1.00 bits per heavy atom. The molecule has 3 aromatic carbocycles. The average Bonchev–Trinajstić information content (AvgIpc) is 3.32. The van der Waals surface area contributed by atoms with Crippen LogP contribution >= 0.6 is 0 Å². The number of para-hydroxylation sites is 2. The van der Waals surface area contributed by atoms with Gasteiger partial charge in [-0.3, -0.25) is 4.79 Å². The SMILES string of the molecule is C.Cc1ccc(NC(=O)C2(C)CC2)cc1-c1cccc(N)c1.[HH].c1ccc2c(c1)OCO2. The number of amides is 1. The minimum Gasteiger partial charge on any atom is -0.454 e. The number of hydrogen-bond donors (Lipinski definition) is 2. The molecule has 31 heavy (non-hydrogen) atoms. The lowest BCUT2D eigenvalue weighted by Crippen LogP contribution is -2.21. The molecule has 0 unspecified atom stereocenters. The maximum Gasteiger partial charge on any atom is 0.231 e. The second-order valence-electron chi connectivity index (χ2n) is 8.02. The van der Waals surface area contributed by atoms with Crippen molar-refractivity contribution in [2.75, 3.05) is 17.8 Å². The van der Waals surface area contributed by atoms with Crippen LogP contribution in [0, 0.1) is 12.3 Å². The third-order valence-corrected chi connectivity index (χ3v) is 5.52. The van der Waals surface area contributed by atoms with Gasteiger partial charge in [0.2, 0.25) is 12.7 Å². The van der Waals surface area contributed by atoms with Crippen LogP contribution in [0.2, 0.25) is 0 Å². The predicted molar refractivity (Wildman–Crippen MR) is 128 cm³/mol. The van der Waals surface area contributed by atoms with Gasteiger partial charge in [-0.25, -0.2) is 0 Å². The summed E-state index contributed by atoms with van der Waals surface area (Å²) in [5, 5.41) is 3.03. The summed E-state index contributed by atoms with van der Waals surface area (Å²) in [6.07, 6.45) is 1.96. The molecule has 0 spiro atoms. The van der Waals surface area contributed by atoms with Gasteiger partial charge in [0.05, 0.1) is 0 Å². The Bertz CT molecular complexity index is 1060. The minimum absolute atomic E-state index is 0. The molecule has 1 aliphatic carbocycles. The fourth-order valence-corrected chi connectivity index (χ4v) is 3.26. The van der Waals surface area contributed by atoms with Crippen molar-refractivity contribution >= 4 is 17.3 Å². The van der Waals surface area contributed by atoms with Crippen molar-refractivity contribution in [1.29, 1.82) is 0 Å². The molecular weight excluding hydrogens is 388 g/mol. The molecule has 0 saturated heterocycles. The summed E-state index contributed by atoms with van der Waals surface area (Å²) >= 11 is 0. The van der Waals surface area contributed by atoms with Crippen LogP contribution in [0.3, 0.4) is 0 Å². The number of ether oxygens (including phenoxy) is 2. The van der Waals surface area contributed by atoms with E-state index in [1.165, 1.54) is 0 Å². The van der Waals surface area contributed by atoms with E-state index in [0.717, 1.165) is 52.4 Å². The van der Waals surface area contributed by atoms with Crippen LogP contribution in [0.5, 0.6) is 11.5 Å². The Hall–Kier alpha value is -3.47. The van der Waals surface area contributed by atoms with Crippen LogP contribution in [-0.2, 0) is 4.79 Å². The van der Waals surface area contributed by atoms with Gasteiger partial charge >= 0.3 is 0 Å².